The van der Waals surface area contributed by atoms with Gasteiger partial charge in [0.05, 0.1) is 5.41 Å². The van der Waals surface area contributed by atoms with E-state index in [2.05, 4.69) is 22.3 Å². The maximum absolute atomic E-state index is 10.7. The van der Waals surface area contributed by atoms with Crippen molar-refractivity contribution in [3.63, 3.8) is 0 Å². The van der Waals surface area contributed by atoms with E-state index in [-0.39, 0.29) is 17.7 Å². The standard InChI is InChI=1S/C15H16N2O3/c18-13(19)10-12-16-14(17-20-12)15(8-4-5-9-15)11-6-2-1-3-7-11/h1-3,6-7H,4-5,8-10H2,(H,18,19). The third kappa shape index (κ3) is 2.19. The van der Waals surface area contributed by atoms with Crippen molar-refractivity contribution >= 4 is 5.97 Å². The van der Waals surface area contributed by atoms with Gasteiger partial charge >= 0.3 is 5.97 Å². The van der Waals surface area contributed by atoms with Crippen molar-refractivity contribution in [3.05, 3.63) is 47.6 Å². The lowest BCUT2D eigenvalue weighted by Gasteiger charge is -2.25. The van der Waals surface area contributed by atoms with Gasteiger partial charge in [-0.15, -0.1) is 0 Å². The molecule has 0 amide bonds. The van der Waals surface area contributed by atoms with Crippen molar-refractivity contribution in [2.24, 2.45) is 0 Å². The number of aliphatic carboxylic acids is 1. The highest BCUT2D eigenvalue weighted by Crippen LogP contribution is 2.44. The number of rotatable bonds is 4. The monoisotopic (exact) mass is 272 g/mol. The zero-order valence-electron chi connectivity index (χ0n) is 11.1. The molecule has 1 aliphatic rings. The van der Waals surface area contributed by atoms with E-state index in [0.717, 1.165) is 25.7 Å². The Kier molecular flexibility index (Phi) is 3.26. The maximum atomic E-state index is 10.7. The first-order chi connectivity index (χ1) is 9.71. The third-order valence-electron chi connectivity index (χ3n) is 3.98. The number of carboxylic acids is 1. The summed E-state index contributed by atoms with van der Waals surface area (Å²) >= 11 is 0. The molecule has 1 N–H and O–H groups in total. The summed E-state index contributed by atoms with van der Waals surface area (Å²) in [5.74, 6) is -0.160. The molecule has 1 heterocycles. The molecule has 1 aromatic carbocycles. The van der Waals surface area contributed by atoms with E-state index >= 15 is 0 Å². The highest BCUT2D eigenvalue weighted by Gasteiger charge is 2.41. The van der Waals surface area contributed by atoms with E-state index in [1.807, 2.05) is 18.2 Å². The van der Waals surface area contributed by atoms with Crippen LogP contribution in [0.1, 0.15) is 43.0 Å². The molecule has 20 heavy (non-hydrogen) atoms. The summed E-state index contributed by atoms with van der Waals surface area (Å²) < 4.78 is 5.09. The van der Waals surface area contributed by atoms with Crippen LogP contribution in [0.5, 0.6) is 0 Å². The third-order valence-corrected chi connectivity index (χ3v) is 3.98. The summed E-state index contributed by atoms with van der Waals surface area (Å²) in [5.41, 5.74) is 0.960. The molecular weight excluding hydrogens is 256 g/mol. The van der Waals surface area contributed by atoms with Crippen molar-refractivity contribution in [3.8, 4) is 0 Å². The molecule has 0 aliphatic heterocycles. The van der Waals surface area contributed by atoms with Gasteiger partial charge in [-0.2, -0.15) is 4.98 Å². The van der Waals surface area contributed by atoms with E-state index < -0.39 is 5.97 Å². The van der Waals surface area contributed by atoms with Gasteiger partial charge in [0.15, 0.2) is 5.82 Å². The number of benzene rings is 1. The Morgan fingerprint density at radius 2 is 1.95 bits per heavy atom. The Hall–Kier alpha value is -2.17. The molecule has 0 atom stereocenters. The Bertz CT molecular complexity index is 601. The van der Waals surface area contributed by atoms with Gasteiger partial charge in [-0.05, 0) is 18.4 Å². The fraction of sp³-hybridized carbons (Fsp3) is 0.400. The Morgan fingerprint density at radius 3 is 2.60 bits per heavy atom. The molecule has 1 aromatic heterocycles. The van der Waals surface area contributed by atoms with Crippen LogP contribution in [0.25, 0.3) is 0 Å². The van der Waals surface area contributed by atoms with E-state index in [9.17, 15) is 4.79 Å². The summed E-state index contributed by atoms with van der Waals surface area (Å²) in [6.07, 6.45) is 3.97. The van der Waals surface area contributed by atoms with Crippen LogP contribution >= 0.6 is 0 Å². The van der Waals surface area contributed by atoms with Gasteiger partial charge in [0.2, 0.25) is 5.89 Å². The zero-order chi connectivity index (χ0) is 14.0. The maximum Gasteiger partial charge on any atom is 0.312 e. The molecule has 5 heteroatoms. The molecule has 5 nitrogen and oxygen atoms in total. The minimum absolute atomic E-state index is 0.176. The Morgan fingerprint density at radius 1 is 1.25 bits per heavy atom. The second kappa shape index (κ2) is 5.07. The first kappa shape index (κ1) is 12.8. The SMILES string of the molecule is O=C(O)Cc1nc(C2(c3ccccc3)CCCC2)no1. The minimum atomic E-state index is -0.958. The second-order valence-corrected chi connectivity index (χ2v) is 5.24. The molecule has 0 bridgehead atoms. The average Bonchev–Trinajstić information content (AvgIpc) is 3.08. The summed E-state index contributed by atoms with van der Waals surface area (Å²) in [7, 11) is 0. The van der Waals surface area contributed by atoms with Crippen LogP contribution in [-0.2, 0) is 16.6 Å². The van der Waals surface area contributed by atoms with Gasteiger partial charge < -0.3 is 9.63 Å². The summed E-state index contributed by atoms with van der Waals surface area (Å²) in [6.45, 7) is 0. The van der Waals surface area contributed by atoms with Gasteiger partial charge in [0.25, 0.3) is 0 Å². The van der Waals surface area contributed by atoms with Crippen LogP contribution in [0.4, 0.5) is 0 Å². The number of carboxylic acid groups (broad SMARTS) is 1. The minimum Gasteiger partial charge on any atom is -0.481 e. The topological polar surface area (TPSA) is 76.2 Å². The number of hydrogen-bond donors (Lipinski definition) is 1. The lowest BCUT2D eigenvalue weighted by molar-refractivity contribution is -0.136. The molecule has 0 saturated heterocycles. The number of carbonyl (C=O) groups is 1. The summed E-state index contributed by atoms with van der Waals surface area (Å²) in [4.78, 5) is 15.0. The largest absolute Gasteiger partial charge is 0.481 e. The van der Waals surface area contributed by atoms with Gasteiger partial charge in [0, 0.05) is 0 Å². The van der Waals surface area contributed by atoms with E-state index in [4.69, 9.17) is 9.63 Å². The Balaban J connectivity index is 1.99. The van der Waals surface area contributed by atoms with Gasteiger partial charge in [-0.25, -0.2) is 0 Å². The lowest BCUT2D eigenvalue weighted by atomic mass is 9.78. The second-order valence-electron chi connectivity index (χ2n) is 5.24. The highest BCUT2D eigenvalue weighted by atomic mass is 16.5. The Labute approximate surface area is 116 Å². The number of nitrogens with zero attached hydrogens (tertiary/aromatic N) is 2. The predicted molar refractivity (Wildman–Crippen MR) is 71.3 cm³/mol. The van der Waals surface area contributed by atoms with Crippen LogP contribution < -0.4 is 0 Å². The molecule has 0 radical (unpaired) electrons. The zero-order valence-corrected chi connectivity index (χ0v) is 11.1. The number of hydrogen-bond acceptors (Lipinski definition) is 4. The number of aromatic nitrogens is 2. The molecule has 104 valence electrons. The summed E-state index contributed by atoms with van der Waals surface area (Å²) in [6, 6.07) is 10.2. The predicted octanol–water partition coefficient (Wildman–Crippen LogP) is 2.56. The fourth-order valence-corrected chi connectivity index (χ4v) is 3.03. The van der Waals surface area contributed by atoms with E-state index in [0.29, 0.717) is 5.82 Å². The van der Waals surface area contributed by atoms with E-state index in [1.165, 1.54) is 5.56 Å². The van der Waals surface area contributed by atoms with Crippen molar-refractivity contribution in [1.29, 1.82) is 0 Å². The molecule has 1 aliphatic carbocycles. The van der Waals surface area contributed by atoms with Crippen molar-refractivity contribution in [1.82, 2.24) is 10.1 Å². The van der Waals surface area contributed by atoms with Gasteiger partial charge in [-0.3, -0.25) is 4.79 Å². The van der Waals surface area contributed by atoms with Crippen LogP contribution in [-0.4, -0.2) is 21.2 Å². The molecule has 3 rings (SSSR count). The van der Waals surface area contributed by atoms with Gasteiger partial charge in [0.1, 0.15) is 6.42 Å². The average molecular weight is 272 g/mol. The van der Waals surface area contributed by atoms with Crippen molar-refractivity contribution in [2.45, 2.75) is 37.5 Å². The quantitative estimate of drug-likeness (QED) is 0.925. The van der Waals surface area contributed by atoms with Crippen LogP contribution in [0.3, 0.4) is 0 Å². The van der Waals surface area contributed by atoms with Crippen LogP contribution in [0.15, 0.2) is 34.9 Å². The molecule has 0 spiro atoms. The normalized spacial score (nSPS) is 17.2. The fourth-order valence-electron chi connectivity index (χ4n) is 3.03. The first-order valence-electron chi connectivity index (χ1n) is 6.81. The van der Waals surface area contributed by atoms with Crippen molar-refractivity contribution < 1.29 is 14.4 Å². The molecular formula is C15H16N2O3. The van der Waals surface area contributed by atoms with E-state index in [1.54, 1.807) is 0 Å². The summed E-state index contributed by atoms with van der Waals surface area (Å²) in [5, 5.41) is 12.8. The smallest absolute Gasteiger partial charge is 0.312 e. The van der Waals surface area contributed by atoms with Crippen molar-refractivity contribution in [2.75, 3.05) is 0 Å². The molecule has 0 unspecified atom stereocenters. The first-order valence-corrected chi connectivity index (χ1v) is 6.81. The lowest BCUT2D eigenvalue weighted by Crippen LogP contribution is -2.25. The van der Waals surface area contributed by atoms with Crippen LogP contribution in [0, 0.1) is 0 Å². The molecule has 1 saturated carbocycles. The molecule has 2 aromatic rings. The van der Waals surface area contributed by atoms with Gasteiger partial charge in [-0.1, -0.05) is 48.3 Å². The highest BCUT2D eigenvalue weighted by molar-refractivity contribution is 5.68. The molecule has 1 fully saturated rings. The van der Waals surface area contributed by atoms with Crippen LogP contribution in [0.2, 0.25) is 0 Å².